The lowest BCUT2D eigenvalue weighted by atomic mass is 9.90. The zero-order valence-corrected chi connectivity index (χ0v) is 9.38. The second kappa shape index (κ2) is 4.37. The molecule has 2 aliphatic rings. The number of nitrogens with zero attached hydrogens (tertiary/aromatic N) is 3. The fourth-order valence-electron chi connectivity index (χ4n) is 2.78. The summed E-state index contributed by atoms with van der Waals surface area (Å²) >= 11 is 0. The molecular weight excluding hydrogens is 202 g/mol. The topological polar surface area (TPSA) is 38.2 Å². The molecule has 2 heterocycles. The molecule has 16 heavy (non-hydrogen) atoms. The lowest BCUT2D eigenvalue weighted by Gasteiger charge is -2.43. The largest absolute Gasteiger partial charge is 0.374 e. The summed E-state index contributed by atoms with van der Waals surface area (Å²) < 4.78 is 5.84. The van der Waals surface area contributed by atoms with Gasteiger partial charge in [0.1, 0.15) is 0 Å². The molecule has 4 heteroatoms. The Labute approximate surface area is 95.7 Å². The van der Waals surface area contributed by atoms with E-state index < -0.39 is 0 Å². The molecule has 3 rings (SSSR count). The first-order valence-electron chi connectivity index (χ1n) is 6.10. The van der Waals surface area contributed by atoms with Gasteiger partial charge in [-0.05, 0) is 18.9 Å². The van der Waals surface area contributed by atoms with Gasteiger partial charge in [-0.3, -0.25) is 0 Å². The average Bonchev–Trinajstić information content (AvgIpc) is 2.39. The molecule has 0 bridgehead atoms. The highest BCUT2D eigenvalue weighted by molar-refractivity contribution is 5.32. The Morgan fingerprint density at radius 2 is 2.00 bits per heavy atom. The van der Waals surface area contributed by atoms with E-state index in [2.05, 4.69) is 14.9 Å². The fourth-order valence-corrected chi connectivity index (χ4v) is 2.78. The number of hydrogen-bond donors (Lipinski definition) is 0. The first kappa shape index (κ1) is 10.0. The fraction of sp³-hybridized carbons (Fsp3) is 0.667. The summed E-state index contributed by atoms with van der Waals surface area (Å²) in [6, 6.07) is 2.35. The van der Waals surface area contributed by atoms with Crippen LogP contribution >= 0.6 is 0 Å². The number of anilines is 1. The van der Waals surface area contributed by atoms with E-state index in [1.54, 1.807) is 0 Å². The number of ether oxygens (including phenoxy) is 1. The number of rotatable bonds is 1. The molecule has 86 valence electrons. The zero-order chi connectivity index (χ0) is 10.8. The molecule has 0 N–H and O–H groups in total. The maximum atomic E-state index is 5.84. The molecule has 1 saturated heterocycles. The maximum Gasteiger partial charge on any atom is 0.225 e. The van der Waals surface area contributed by atoms with Crippen molar-refractivity contribution in [3.05, 3.63) is 18.5 Å². The summed E-state index contributed by atoms with van der Waals surface area (Å²) in [6.07, 6.45) is 9.02. The minimum absolute atomic E-state index is 0.395. The van der Waals surface area contributed by atoms with Gasteiger partial charge in [-0.1, -0.05) is 12.8 Å². The van der Waals surface area contributed by atoms with Crippen LogP contribution in [0.1, 0.15) is 25.7 Å². The number of hydrogen-bond acceptors (Lipinski definition) is 4. The number of aromatic nitrogens is 2. The van der Waals surface area contributed by atoms with Crippen molar-refractivity contribution in [2.45, 2.75) is 37.8 Å². The van der Waals surface area contributed by atoms with E-state index in [0.717, 1.165) is 19.1 Å². The molecule has 0 amide bonds. The number of morpholine rings is 1. The second-order valence-electron chi connectivity index (χ2n) is 4.50. The second-order valence-corrected chi connectivity index (χ2v) is 4.50. The van der Waals surface area contributed by atoms with Gasteiger partial charge in [-0.25, -0.2) is 9.97 Å². The SMILES string of the molecule is c1cnc(N2CCO[C@H]3CCCC[C@H]32)nc1. The lowest BCUT2D eigenvalue weighted by molar-refractivity contribution is -0.00932. The molecule has 0 aromatic carbocycles. The van der Waals surface area contributed by atoms with E-state index in [-0.39, 0.29) is 0 Å². The van der Waals surface area contributed by atoms with Gasteiger partial charge >= 0.3 is 0 Å². The van der Waals surface area contributed by atoms with Crippen LogP contribution in [0.5, 0.6) is 0 Å². The first-order valence-corrected chi connectivity index (χ1v) is 6.10. The summed E-state index contributed by atoms with van der Waals surface area (Å²) in [5.41, 5.74) is 0. The Kier molecular flexibility index (Phi) is 2.74. The van der Waals surface area contributed by atoms with Gasteiger partial charge in [-0.2, -0.15) is 0 Å². The molecule has 1 aliphatic carbocycles. The molecule has 0 spiro atoms. The van der Waals surface area contributed by atoms with Gasteiger partial charge in [0.05, 0.1) is 18.8 Å². The summed E-state index contributed by atoms with van der Waals surface area (Å²) in [4.78, 5) is 11.0. The predicted octanol–water partition coefficient (Wildman–Crippen LogP) is 1.62. The van der Waals surface area contributed by atoms with Crippen LogP contribution in [0.4, 0.5) is 5.95 Å². The minimum Gasteiger partial charge on any atom is -0.374 e. The standard InChI is InChI=1S/C12H17N3O/c1-2-5-11-10(4-1)15(8-9-16-11)12-13-6-3-7-14-12/h3,6-7,10-11H,1-2,4-5,8-9H2/t10-,11+/m1/s1. The normalized spacial score (nSPS) is 29.9. The average molecular weight is 219 g/mol. The van der Waals surface area contributed by atoms with E-state index in [9.17, 15) is 0 Å². The molecule has 2 fully saturated rings. The maximum absolute atomic E-state index is 5.84. The highest BCUT2D eigenvalue weighted by Gasteiger charge is 2.35. The molecule has 1 aromatic heterocycles. The van der Waals surface area contributed by atoms with Gasteiger partial charge in [0.15, 0.2) is 0 Å². The molecule has 0 unspecified atom stereocenters. The third kappa shape index (κ3) is 1.78. The summed E-state index contributed by atoms with van der Waals surface area (Å²) in [7, 11) is 0. The lowest BCUT2D eigenvalue weighted by Crippen LogP contribution is -2.53. The van der Waals surface area contributed by atoms with E-state index in [1.165, 1.54) is 25.7 Å². The molecule has 1 aliphatic heterocycles. The van der Waals surface area contributed by atoms with Crippen LogP contribution in [0.25, 0.3) is 0 Å². The Morgan fingerprint density at radius 1 is 1.19 bits per heavy atom. The Bertz CT molecular complexity index is 341. The van der Waals surface area contributed by atoms with Crippen LogP contribution in [0, 0.1) is 0 Å². The molecule has 4 nitrogen and oxygen atoms in total. The molecular formula is C12H17N3O. The quantitative estimate of drug-likeness (QED) is 0.719. The van der Waals surface area contributed by atoms with Crippen molar-refractivity contribution in [2.75, 3.05) is 18.1 Å². The zero-order valence-electron chi connectivity index (χ0n) is 9.38. The highest BCUT2D eigenvalue weighted by Crippen LogP contribution is 2.30. The molecule has 1 aromatic rings. The van der Waals surface area contributed by atoms with Crippen LogP contribution in [0.2, 0.25) is 0 Å². The Balaban J connectivity index is 1.83. The van der Waals surface area contributed by atoms with E-state index >= 15 is 0 Å². The first-order chi connectivity index (χ1) is 7.95. The van der Waals surface area contributed by atoms with Crippen molar-refractivity contribution in [3.8, 4) is 0 Å². The van der Waals surface area contributed by atoms with Gasteiger partial charge in [0.2, 0.25) is 5.95 Å². The molecule has 2 atom stereocenters. The predicted molar refractivity (Wildman–Crippen MR) is 61.4 cm³/mol. The Morgan fingerprint density at radius 3 is 2.88 bits per heavy atom. The van der Waals surface area contributed by atoms with Crippen LogP contribution in [0.15, 0.2) is 18.5 Å². The van der Waals surface area contributed by atoms with Crippen molar-refractivity contribution in [2.24, 2.45) is 0 Å². The smallest absolute Gasteiger partial charge is 0.225 e. The van der Waals surface area contributed by atoms with Crippen LogP contribution in [0.3, 0.4) is 0 Å². The van der Waals surface area contributed by atoms with Crippen LogP contribution in [-0.4, -0.2) is 35.3 Å². The van der Waals surface area contributed by atoms with Crippen molar-refractivity contribution in [3.63, 3.8) is 0 Å². The van der Waals surface area contributed by atoms with Gasteiger partial charge < -0.3 is 9.64 Å². The Hall–Kier alpha value is -1.16. The van der Waals surface area contributed by atoms with Gasteiger partial charge in [0, 0.05) is 18.9 Å². The monoisotopic (exact) mass is 219 g/mol. The third-order valence-corrected chi connectivity index (χ3v) is 3.54. The summed E-state index contributed by atoms with van der Waals surface area (Å²) in [5.74, 6) is 0.864. The van der Waals surface area contributed by atoms with Crippen LogP contribution < -0.4 is 4.90 Å². The highest BCUT2D eigenvalue weighted by atomic mass is 16.5. The van der Waals surface area contributed by atoms with Crippen molar-refractivity contribution >= 4 is 5.95 Å². The molecule has 0 radical (unpaired) electrons. The van der Waals surface area contributed by atoms with Gasteiger partial charge in [-0.15, -0.1) is 0 Å². The third-order valence-electron chi connectivity index (χ3n) is 3.54. The van der Waals surface area contributed by atoms with E-state index in [0.29, 0.717) is 12.1 Å². The van der Waals surface area contributed by atoms with Crippen LogP contribution in [-0.2, 0) is 4.74 Å². The van der Waals surface area contributed by atoms with Crippen molar-refractivity contribution in [1.29, 1.82) is 0 Å². The van der Waals surface area contributed by atoms with Crippen molar-refractivity contribution in [1.82, 2.24) is 9.97 Å². The minimum atomic E-state index is 0.395. The van der Waals surface area contributed by atoms with Crippen molar-refractivity contribution < 1.29 is 4.74 Å². The summed E-state index contributed by atoms with van der Waals surface area (Å²) in [6.45, 7) is 1.73. The summed E-state index contributed by atoms with van der Waals surface area (Å²) in [5, 5.41) is 0. The number of fused-ring (bicyclic) bond motifs is 1. The molecule has 1 saturated carbocycles. The van der Waals surface area contributed by atoms with Gasteiger partial charge in [0.25, 0.3) is 0 Å². The van der Waals surface area contributed by atoms with E-state index in [1.807, 2.05) is 18.5 Å². The van der Waals surface area contributed by atoms with E-state index in [4.69, 9.17) is 4.74 Å².